The van der Waals surface area contributed by atoms with Gasteiger partial charge in [-0.1, -0.05) is 6.92 Å². The summed E-state index contributed by atoms with van der Waals surface area (Å²) in [4.78, 5) is 29.8. The molecule has 0 radical (unpaired) electrons. The van der Waals surface area contributed by atoms with Crippen molar-refractivity contribution in [2.75, 3.05) is 11.9 Å². The van der Waals surface area contributed by atoms with Crippen LogP contribution in [0.2, 0.25) is 0 Å². The highest BCUT2D eigenvalue weighted by molar-refractivity contribution is 7.13. The number of aromatic nitrogens is 3. The van der Waals surface area contributed by atoms with E-state index in [1.54, 1.807) is 10.7 Å². The SMILES string of the molecule is CCCn1nc2c(cc1=O)CN(Cc1csc(NC(C)=O)n1)CC2. The predicted octanol–water partition coefficient (Wildman–Crippen LogP) is 1.63. The zero-order chi connectivity index (χ0) is 17.1. The van der Waals surface area contributed by atoms with E-state index >= 15 is 0 Å². The molecular weight excluding hydrogens is 326 g/mol. The number of thiazole rings is 1. The molecule has 3 rings (SSSR count). The van der Waals surface area contributed by atoms with Gasteiger partial charge in [0.1, 0.15) is 0 Å². The monoisotopic (exact) mass is 347 g/mol. The molecule has 2 aromatic rings. The van der Waals surface area contributed by atoms with Gasteiger partial charge in [-0.05, 0) is 12.0 Å². The molecule has 1 N–H and O–H groups in total. The standard InChI is InChI=1S/C16H21N5O2S/c1-3-5-21-15(23)7-12-8-20(6-4-14(12)19-21)9-13-10-24-16(18-13)17-11(2)22/h7,10H,3-6,8-9H2,1-2H3,(H,17,18,22). The minimum absolute atomic E-state index is 0.0287. The Hall–Kier alpha value is -2.06. The second-order valence-corrected chi connectivity index (χ2v) is 6.82. The van der Waals surface area contributed by atoms with Gasteiger partial charge >= 0.3 is 0 Å². The number of carbonyl (C=O) groups excluding carboxylic acids is 1. The van der Waals surface area contributed by atoms with Crippen LogP contribution in [0.3, 0.4) is 0 Å². The van der Waals surface area contributed by atoms with Crippen LogP contribution in [0, 0.1) is 0 Å². The summed E-state index contributed by atoms with van der Waals surface area (Å²) in [7, 11) is 0. The van der Waals surface area contributed by atoms with E-state index in [1.165, 1.54) is 18.3 Å². The summed E-state index contributed by atoms with van der Waals surface area (Å²) in [6.45, 7) is 6.47. The van der Waals surface area contributed by atoms with Crippen LogP contribution in [0.1, 0.15) is 37.2 Å². The lowest BCUT2D eigenvalue weighted by Crippen LogP contribution is -2.34. The lowest BCUT2D eigenvalue weighted by atomic mass is 10.1. The lowest BCUT2D eigenvalue weighted by Gasteiger charge is -2.27. The van der Waals surface area contributed by atoms with Crippen molar-refractivity contribution in [3.05, 3.63) is 38.8 Å². The van der Waals surface area contributed by atoms with Crippen molar-refractivity contribution in [1.82, 2.24) is 19.7 Å². The van der Waals surface area contributed by atoms with Crippen LogP contribution in [-0.2, 0) is 30.8 Å². The highest BCUT2D eigenvalue weighted by atomic mass is 32.1. The fourth-order valence-electron chi connectivity index (χ4n) is 2.82. The van der Waals surface area contributed by atoms with Gasteiger partial charge in [0.15, 0.2) is 5.13 Å². The number of hydrogen-bond acceptors (Lipinski definition) is 6. The third kappa shape index (κ3) is 3.88. The van der Waals surface area contributed by atoms with E-state index in [9.17, 15) is 9.59 Å². The fourth-order valence-corrected chi connectivity index (χ4v) is 3.57. The largest absolute Gasteiger partial charge is 0.302 e. The van der Waals surface area contributed by atoms with Crippen LogP contribution in [0.25, 0.3) is 0 Å². The summed E-state index contributed by atoms with van der Waals surface area (Å²) < 4.78 is 1.56. The van der Waals surface area contributed by atoms with Gasteiger partial charge < -0.3 is 5.32 Å². The number of hydrogen-bond donors (Lipinski definition) is 1. The molecule has 0 unspecified atom stereocenters. The fraction of sp³-hybridized carbons (Fsp3) is 0.500. The smallest absolute Gasteiger partial charge is 0.267 e. The van der Waals surface area contributed by atoms with Crippen LogP contribution < -0.4 is 10.9 Å². The quantitative estimate of drug-likeness (QED) is 0.889. The van der Waals surface area contributed by atoms with Gasteiger partial charge in [0.2, 0.25) is 5.91 Å². The summed E-state index contributed by atoms with van der Waals surface area (Å²) in [6, 6.07) is 1.72. The van der Waals surface area contributed by atoms with Crippen molar-refractivity contribution in [2.45, 2.75) is 46.3 Å². The maximum absolute atomic E-state index is 12.1. The molecule has 128 valence electrons. The number of amides is 1. The minimum Gasteiger partial charge on any atom is -0.302 e. The second-order valence-electron chi connectivity index (χ2n) is 5.96. The molecule has 0 saturated heterocycles. The topological polar surface area (TPSA) is 80.1 Å². The number of nitrogens with zero attached hydrogens (tertiary/aromatic N) is 4. The van der Waals surface area contributed by atoms with Gasteiger partial charge in [-0.15, -0.1) is 11.3 Å². The molecule has 0 aliphatic carbocycles. The molecule has 1 aliphatic heterocycles. The summed E-state index contributed by atoms with van der Waals surface area (Å²) in [5, 5.41) is 9.78. The summed E-state index contributed by atoms with van der Waals surface area (Å²) in [5.41, 5.74) is 2.94. The summed E-state index contributed by atoms with van der Waals surface area (Å²) in [5.74, 6) is -0.114. The molecule has 0 fully saturated rings. The normalized spacial score (nSPS) is 14.4. The van der Waals surface area contributed by atoms with Crippen molar-refractivity contribution < 1.29 is 4.79 Å². The van der Waals surface area contributed by atoms with Crippen LogP contribution >= 0.6 is 11.3 Å². The Morgan fingerprint density at radius 1 is 1.46 bits per heavy atom. The Morgan fingerprint density at radius 3 is 3.04 bits per heavy atom. The molecule has 8 heteroatoms. The third-order valence-electron chi connectivity index (χ3n) is 3.88. The van der Waals surface area contributed by atoms with Crippen molar-refractivity contribution in [1.29, 1.82) is 0 Å². The van der Waals surface area contributed by atoms with Crippen molar-refractivity contribution >= 4 is 22.4 Å². The molecule has 0 aromatic carbocycles. The Bertz CT molecular complexity index is 798. The molecule has 1 amide bonds. The van der Waals surface area contributed by atoms with Gasteiger partial charge in [-0.25, -0.2) is 9.67 Å². The Morgan fingerprint density at radius 2 is 2.29 bits per heavy atom. The average molecular weight is 347 g/mol. The maximum Gasteiger partial charge on any atom is 0.267 e. The maximum atomic E-state index is 12.1. The molecular formula is C16H21N5O2S. The number of nitrogens with one attached hydrogen (secondary N) is 1. The number of aryl methyl sites for hydroxylation is 1. The van der Waals surface area contributed by atoms with E-state index in [0.29, 0.717) is 24.8 Å². The summed E-state index contributed by atoms with van der Waals surface area (Å²) in [6.07, 6.45) is 1.74. The van der Waals surface area contributed by atoms with Crippen LogP contribution in [0.4, 0.5) is 5.13 Å². The number of carbonyl (C=O) groups is 1. The zero-order valence-electron chi connectivity index (χ0n) is 13.9. The van der Waals surface area contributed by atoms with Gasteiger partial charge in [0, 0.05) is 51.0 Å². The number of anilines is 1. The molecule has 24 heavy (non-hydrogen) atoms. The molecule has 0 saturated carbocycles. The first-order valence-corrected chi connectivity index (χ1v) is 8.97. The van der Waals surface area contributed by atoms with Gasteiger partial charge in [-0.3, -0.25) is 14.5 Å². The van der Waals surface area contributed by atoms with Crippen molar-refractivity contribution in [2.24, 2.45) is 0 Å². The Balaban J connectivity index is 1.69. The molecule has 7 nitrogen and oxygen atoms in total. The van der Waals surface area contributed by atoms with Crippen LogP contribution in [0.5, 0.6) is 0 Å². The second kappa shape index (κ2) is 7.23. The van der Waals surface area contributed by atoms with E-state index in [2.05, 4.69) is 20.3 Å². The summed E-state index contributed by atoms with van der Waals surface area (Å²) >= 11 is 1.43. The van der Waals surface area contributed by atoms with Gasteiger partial charge in [0.25, 0.3) is 5.56 Å². The zero-order valence-corrected chi connectivity index (χ0v) is 14.7. The number of rotatable bonds is 5. The van der Waals surface area contributed by atoms with Crippen molar-refractivity contribution in [3.63, 3.8) is 0 Å². The van der Waals surface area contributed by atoms with Crippen LogP contribution in [0.15, 0.2) is 16.2 Å². The average Bonchev–Trinajstić information content (AvgIpc) is 2.94. The minimum atomic E-state index is -0.114. The highest BCUT2D eigenvalue weighted by Gasteiger charge is 2.20. The van der Waals surface area contributed by atoms with E-state index < -0.39 is 0 Å². The predicted molar refractivity (Wildman–Crippen MR) is 93.0 cm³/mol. The first kappa shape index (κ1) is 16.8. The van der Waals surface area contributed by atoms with Gasteiger partial charge in [-0.2, -0.15) is 5.10 Å². The highest BCUT2D eigenvalue weighted by Crippen LogP contribution is 2.20. The Labute approximate surface area is 144 Å². The Kier molecular flexibility index (Phi) is 5.06. The van der Waals surface area contributed by atoms with E-state index in [1.807, 2.05) is 12.3 Å². The molecule has 2 aromatic heterocycles. The molecule has 0 spiro atoms. The molecule has 3 heterocycles. The lowest BCUT2D eigenvalue weighted by molar-refractivity contribution is -0.114. The van der Waals surface area contributed by atoms with Crippen molar-refractivity contribution in [3.8, 4) is 0 Å². The first-order chi connectivity index (χ1) is 11.5. The molecule has 1 aliphatic rings. The first-order valence-electron chi connectivity index (χ1n) is 8.09. The molecule has 0 bridgehead atoms. The van der Waals surface area contributed by atoms with E-state index in [-0.39, 0.29) is 11.5 Å². The van der Waals surface area contributed by atoms with E-state index in [4.69, 9.17) is 0 Å². The van der Waals surface area contributed by atoms with Crippen LogP contribution in [-0.4, -0.2) is 32.1 Å². The molecule has 0 atom stereocenters. The van der Waals surface area contributed by atoms with E-state index in [0.717, 1.165) is 36.3 Å². The third-order valence-corrected chi connectivity index (χ3v) is 4.69. The number of fused-ring (bicyclic) bond motifs is 1. The van der Waals surface area contributed by atoms with Gasteiger partial charge in [0.05, 0.1) is 11.4 Å².